The fraction of sp³-hybridized carbons (Fsp3) is 0.400. The molecule has 0 aliphatic carbocycles. The molecule has 0 bridgehead atoms. The Bertz CT molecular complexity index is 319. The Morgan fingerprint density at radius 1 is 0.667 bits per heavy atom. The molecule has 0 saturated heterocycles. The fourth-order valence-electron chi connectivity index (χ4n) is 1.08. The third-order valence-electron chi connectivity index (χ3n) is 2.10. The van der Waals surface area contributed by atoms with Gasteiger partial charge >= 0.3 is 23.9 Å². The number of carboxylic acids is 4. The Morgan fingerprint density at radius 2 is 0.889 bits per heavy atom. The molecular formula is C10H12O8. The molecule has 0 unspecified atom stereocenters. The highest BCUT2D eigenvalue weighted by atomic mass is 16.4. The van der Waals surface area contributed by atoms with E-state index in [4.69, 9.17) is 20.4 Å². The van der Waals surface area contributed by atoms with Crippen LogP contribution in [-0.2, 0) is 19.2 Å². The summed E-state index contributed by atoms with van der Waals surface area (Å²) in [7, 11) is 0. The van der Waals surface area contributed by atoms with Gasteiger partial charge in [0.1, 0.15) is 0 Å². The van der Waals surface area contributed by atoms with E-state index in [1.807, 2.05) is 0 Å². The molecule has 0 heterocycles. The van der Waals surface area contributed by atoms with Crippen molar-refractivity contribution in [2.24, 2.45) is 11.8 Å². The summed E-state index contributed by atoms with van der Waals surface area (Å²) in [5.74, 6) is -9.32. The smallest absolute Gasteiger partial charge is 0.318 e. The standard InChI is InChI=1S/C10H12O8/c11-7(12)5(8(13)14)3-1-2-4-6(9(15)16)10(17)18/h1-2,5-6H,3-4H2,(H,11,12)(H,13,14)(H,15,16)(H,17,18). The summed E-state index contributed by atoms with van der Waals surface area (Å²) in [4.78, 5) is 41.9. The highest BCUT2D eigenvalue weighted by Gasteiger charge is 2.25. The number of carbonyl (C=O) groups is 4. The molecule has 0 saturated carbocycles. The first kappa shape index (κ1) is 15.6. The van der Waals surface area contributed by atoms with Crippen molar-refractivity contribution >= 4 is 23.9 Å². The number of hydrogen-bond donors (Lipinski definition) is 4. The Labute approximate surface area is 101 Å². The zero-order valence-corrected chi connectivity index (χ0v) is 9.15. The Hall–Kier alpha value is -2.38. The SMILES string of the molecule is O=C(O)C(CC=CCC(C(=O)O)C(=O)O)C(=O)O. The number of carboxylic acid groups (broad SMARTS) is 4. The van der Waals surface area contributed by atoms with Gasteiger partial charge in [-0.3, -0.25) is 19.2 Å². The molecule has 100 valence electrons. The molecule has 0 amide bonds. The molecule has 8 nitrogen and oxygen atoms in total. The van der Waals surface area contributed by atoms with E-state index in [1.165, 1.54) is 0 Å². The molecular weight excluding hydrogens is 248 g/mol. The molecule has 0 rings (SSSR count). The topological polar surface area (TPSA) is 149 Å². The number of allylic oxidation sites excluding steroid dienone is 2. The quantitative estimate of drug-likeness (QED) is 0.349. The maximum absolute atomic E-state index is 10.5. The lowest BCUT2D eigenvalue weighted by Crippen LogP contribution is -2.23. The molecule has 0 radical (unpaired) electrons. The van der Waals surface area contributed by atoms with Gasteiger partial charge in [-0.15, -0.1) is 0 Å². The van der Waals surface area contributed by atoms with Gasteiger partial charge in [0, 0.05) is 0 Å². The largest absolute Gasteiger partial charge is 0.481 e. The van der Waals surface area contributed by atoms with Gasteiger partial charge in [0.25, 0.3) is 0 Å². The number of aliphatic carboxylic acids is 4. The van der Waals surface area contributed by atoms with Crippen LogP contribution in [0, 0.1) is 11.8 Å². The Balaban J connectivity index is 4.41. The lowest BCUT2D eigenvalue weighted by atomic mass is 10.0. The average molecular weight is 260 g/mol. The summed E-state index contributed by atoms with van der Waals surface area (Å²) in [5, 5.41) is 34.1. The first-order chi connectivity index (χ1) is 8.27. The van der Waals surface area contributed by atoms with Crippen molar-refractivity contribution in [3.05, 3.63) is 12.2 Å². The van der Waals surface area contributed by atoms with Crippen molar-refractivity contribution in [1.29, 1.82) is 0 Å². The molecule has 0 aromatic carbocycles. The van der Waals surface area contributed by atoms with Gasteiger partial charge < -0.3 is 20.4 Å². The van der Waals surface area contributed by atoms with Crippen molar-refractivity contribution in [3.8, 4) is 0 Å². The van der Waals surface area contributed by atoms with Crippen molar-refractivity contribution in [2.75, 3.05) is 0 Å². The minimum Gasteiger partial charge on any atom is -0.481 e. The molecule has 4 N–H and O–H groups in total. The zero-order valence-electron chi connectivity index (χ0n) is 9.15. The molecule has 18 heavy (non-hydrogen) atoms. The summed E-state index contributed by atoms with van der Waals surface area (Å²) in [6, 6.07) is 0. The molecule has 0 aliphatic heterocycles. The van der Waals surface area contributed by atoms with E-state index < -0.39 is 35.7 Å². The van der Waals surface area contributed by atoms with E-state index in [2.05, 4.69) is 0 Å². The van der Waals surface area contributed by atoms with Gasteiger partial charge in [-0.25, -0.2) is 0 Å². The third-order valence-corrected chi connectivity index (χ3v) is 2.10. The molecule has 8 heteroatoms. The second-order valence-electron chi connectivity index (χ2n) is 3.40. The van der Waals surface area contributed by atoms with E-state index in [0.29, 0.717) is 0 Å². The van der Waals surface area contributed by atoms with Crippen molar-refractivity contribution in [1.82, 2.24) is 0 Å². The minimum absolute atomic E-state index is 0.337. The molecule has 0 atom stereocenters. The summed E-state index contributed by atoms with van der Waals surface area (Å²) < 4.78 is 0. The van der Waals surface area contributed by atoms with E-state index in [1.54, 1.807) is 0 Å². The molecule has 0 aromatic heterocycles. The normalized spacial score (nSPS) is 11.0. The predicted molar refractivity (Wildman–Crippen MR) is 55.9 cm³/mol. The summed E-state index contributed by atoms with van der Waals surface area (Å²) >= 11 is 0. The van der Waals surface area contributed by atoms with Gasteiger partial charge in [0.05, 0.1) is 0 Å². The predicted octanol–water partition coefficient (Wildman–Crippen LogP) is -0.106. The van der Waals surface area contributed by atoms with E-state index >= 15 is 0 Å². The van der Waals surface area contributed by atoms with E-state index in [0.717, 1.165) is 12.2 Å². The molecule has 0 fully saturated rings. The summed E-state index contributed by atoms with van der Waals surface area (Å²) in [6.45, 7) is 0. The van der Waals surface area contributed by atoms with Gasteiger partial charge in [0.15, 0.2) is 11.8 Å². The Kier molecular flexibility index (Phi) is 6.11. The second-order valence-corrected chi connectivity index (χ2v) is 3.40. The van der Waals surface area contributed by atoms with Crippen LogP contribution in [0.25, 0.3) is 0 Å². The molecule has 0 spiro atoms. The Morgan fingerprint density at radius 3 is 1.06 bits per heavy atom. The van der Waals surface area contributed by atoms with Crippen LogP contribution in [0.4, 0.5) is 0 Å². The van der Waals surface area contributed by atoms with Crippen LogP contribution >= 0.6 is 0 Å². The van der Waals surface area contributed by atoms with Gasteiger partial charge in [-0.05, 0) is 12.8 Å². The molecule has 0 aromatic rings. The van der Waals surface area contributed by atoms with Gasteiger partial charge in [-0.2, -0.15) is 0 Å². The lowest BCUT2D eigenvalue weighted by Gasteiger charge is -2.04. The molecule has 0 aliphatic rings. The number of rotatable bonds is 8. The first-order valence-corrected chi connectivity index (χ1v) is 4.83. The van der Waals surface area contributed by atoms with Gasteiger partial charge in [0.2, 0.25) is 0 Å². The highest BCUT2D eigenvalue weighted by Crippen LogP contribution is 2.09. The van der Waals surface area contributed by atoms with Crippen LogP contribution in [-0.4, -0.2) is 44.3 Å². The van der Waals surface area contributed by atoms with Crippen molar-refractivity contribution in [3.63, 3.8) is 0 Å². The van der Waals surface area contributed by atoms with Crippen LogP contribution in [0.15, 0.2) is 12.2 Å². The summed E-state index contributed by atoms with van der Waals surface area (Å²) in [5.41, 5.74) is 0. The van der Waals surface area contributed by atoms with Crippen molar-refractivity contribution < 1.29 is 39.6 Å². The van der Waals surface area contributed by atoms with Crippen LogP contribution in [0.1, 0.15) is 12.8 Å². The van der Waals surface area contributed by atoms with Crippen LogP contribution in [0.3, 0.4) is 0 Å². The van der Waals surface area contributed by atoms with Crippen LogP contribution in [0.2, 0.25) is 0 Å². The second kappa shape index (κ2) is 7.05. The minimum atomic E-state index is -1.63. The lowest BCUT2D eigenvalue weighted by molar-refractivity contribution is -0.156. The van der Waals surface area contributed by atoms with Crippen molar-refractivity contribution in [2.45, 2.75) is 12.8 Å². The van der Waals surface area contributed by atoms with Crippen LogP contribution < -0.4 is 0 Å². The highest BCUT2D eigenvalue weighted by molar-refractivity contribution is 5.93. The van der Waals surface area contributed by atoms with E-state index in [9.17, 15) is 19.2 Å². The maximum Gasteiger partial charge on any atom is 0.318 e. The third kappa shape index (κ3) is 5.10. The average Bonchev–Trinajstić information content (AvgIpc) is 2.20. The van der Waals surface area contributed by atoms with Gasteiger partial charge in [-0.1, -0.05) is 12.2 Å². The fourth-order valence-corrected chi connectivity index (χ4v) is 1.08. The van der Waals surface area contributed by atoms with Crippen LogP contribution in [0.5, 0.6) is 0 Å². The monoisotopic (exact) mass is 260 g/mol. The maximum atomic E-state index is 10.5. The summed E-state index contributed by atoms with van der Waals surface area (Å²) in [6.07, 6.45) is 1.62. The first-order valence-electron chi connectivity index (χ1n) is 4.83. The zero-order chi connectivity index (χ0) is 14.3. The van der Waals surface area contributed by atoms with E-state index in [-0.39, 0.29) is 12.8 Å². The number of hydrogen-bond acceptors (Lipinski definition) is 4.